The second-order valence-corrected chi connectivity index (χ2v) is 7.50. The number of aryl methyl sites for hydroxylation is 2. The Kier molecular flexibility index (Phi) is 5.32. The van der Waals surface area contributed by atoms with Crippen LogP contribution in [0.1, 0.15) is 23.5 Å². The summed E-state index contributed by atoms with van der Waals surface area (Å²) < 4.78 is 1.58. The van der Waals surface area contributed by atoms with Crippen molar-refractivity contribution in [3.05, 3.63) is 58.1 Å². The highest BCUT2D eigenvalue weighted by Gasteiger charge is 2.25. The van der Waals surface area contributed by atoms with Crippen molar-refractivity contribution in [1.82, 2.24) is 19.8 Å². The van der Waals surface area contributed by atoms with Crippen molar-refractivity contribution in [1.29, 1.82) is 0 Å². The number of hydrogen-bond acceptors (Lipinski definition) is 4. The van der Waals surface area contributed by atoms with Crippen LogP contribution in [0.5, 0.6) is 0 Å². The molecule has 0 radical (unpaired) electrons. The third-order valence-corrected chi connectivity index (χ3v) is 5.85. The van der Waals surface area contributed by atoms with Crippen molar-refractivity contribution >= 4 is 11.8 Å². The lowest BCUT2D eigenvalue weighted by molar-refractivity contribution is 0.369. The Balaban J connectivity index is 1.35. The first kappa shape index (κ1) is 18.5. The highest BCUT2D eigenvalue weighted by molar-refractivity contribution is 5.80. The number of anilines is 1. The zero-order valence-corrected chi connectivity index (χ0v) is 16.6. The van der Waals surface area contributed by atoms with Gasteiger partial charge in [-0.25, -0.2) is 4.98 Å². The van der Waals surface area contributed by atoms with Gasteiger partial charge in [-0.2, -0.15) is 0 Å². The smallest absolute Gasteiger partial charge is 0.293 e. The lowest BCUT2D eigenvalue weighted by atomic mass is 10.0. The van der Waals surface area contributed by atoms with Gasteiger partial charge in [-0.3, -0.25) is 9.79 Å². The normalized spacial score (nSPS) is 19.6. The molecule has 1 aliphatic heterocycles. The van der Waals surface area contributed by atoms with E-state index in [1.165, 1.54) is 24.0 Å². The van der Waals surface area contributed by atoms with E-state index in [2.05, 4.69) is 49.4 Å². The van der Waals surface area contributed by atoms with Crippen LogP contribution in [0, 0.1) is 0 Å². The molecule has 1 fully saturated rings. The number of hydrogen-bond donors (Lipinski definition) is 1. The first-order chi connectivity index (χ1) is 13.7. The lowest BCUT2D eigenvalue weighted by Crippen LogP contribution is -2.54. The molecule has 1 unspecified atom stereocenters. The van der Waals surface area contributed by atoms with Gasteiger partial charge < -0.3 is 19.7 Å². The summed E-state index contributed by atoms with van der Waals surface area (Å²) in [5.74, 6) is 2.03. The molecule has 1 atom stereocenters. The molecular formula is C21H28N6O. The van der Waals surface area contributed by atoms with Crippen LogP contribution in [-0.4, -0.2) is 60.2 Å². The van der Waals surface area contributed by atoms with E-state index in [1.807, 2.05) is 7.05 Å². The van der Waals surface area contributed by atoms with E-state index in [-0.39, 0.29) is 5.56 Å². The Morgan fingerprint density at radius 1 is 1.25 bits per heavy atom. The molecule has 2 heterocycles. The fourth-order valence-corrected chi connectivity index (χ4v) is 4.24. The van der Waals surface area contributed by atoms with Crippen LogP contribution in [0.4, 0.5) is 5.82 Å². The first-order valence-electron chi connectivity index (χ1n) is 9.97. The van der Waals surface area contributed by atoms with E-state index >= 15 is 0 Å². The van der Waals surface area contributed by atoms with Crippen LogP contribution in [0.15, 0.2) is 46.4 Å². The molecule has 0 amide bonds. The summed E-state index contributed by atoms with van der Waals surface area (Å²) in [5, 5.41) is 3.57. The van der Waals surface area contributed by atoms with Crippen molar-refractivity contribution in [2.45, 2.75) is 18.8 Å². The maximum Gasteiger partial charge on any atom is 0.293 e. The molecule has 2 aliphatic rings. The van der Waals surface area contributed by atoms with Gasteiger partial charge in [0.1, 0.15) is 0 Å². The second-order valence-electron chi connectivity index (χ2n) is 7.50. The Morgan fingerprint density at radius 2 is 2.04 bits per heavy atom. The van der Waals surface area contributed by atoms with Gasteiger partial charge in [-0.05, 0) is 24.0 Å². The Bertz CT molecular complexity index is 913. The fraction of sp³-hybridized carbons (Fsp3) is 0.476. The number of nitrogens with zero attached hydrogens (tertiary/aromatic N) is 5. The van der Waals surface area contributed by atoms with Gasteiger partial charge in [-0.1, -0.05) is 24.3 Å². The quantitative estimate of drug-likeness (QED) is 0.640. The number of aromatic nitrogens is 2. The standard InChI is InChI=1S/C21H28N6O/c1-22-21(24-15-17-8-7-16-5-3-4-6-18(16)17)27-13-11-26(12-14-27)19-20(28)25(2)10-9-23-19/h3-6,9-10,17H,7-8,11-15H2,1-2H3,(H,22,24). The highest BCUT2D eigenvalue weighted by Crippen LogP contribution is 2.32. The van der Waals surface area contributed by atoms with Crippen LogP contribution in [0.3, 0.4) is 0 Å². The second kappa shape index (κ2) is 8.04. The molecule has 1 aromatic heterocycles. The molecule has 1 aliphatic carbocycles. The molecule has 28 heavy (non-hydrogen) atoms. The molecule has 0 bridgehead atoms. The van der Waals surface area contributed by atoms with Crippen LogP contribution in [0.2, 0.25) is 0 Å². The maximum atomic E-state index is 12.3. The minimum atomic E-state index is -0.0432. The van der Waals surface area contributed by atoms with Gasteiger partial charge in [0.15, 0.2) is 11.8 Å². The number of benzene rings is 1. The largest absolute Gasteiger partial charge is 0.356 e. The van der Waals surface area contributed by atoms with Gasteiger partial charge in [0.05, 0.1) is 0 Å². The molecule has 0 spiro atoms. The lowest BCUT2D eigenvalue weighted by Gasteiger charge is -2.37. The molecule has 7 heteroatoms. The molecule has 4 rings (SSSR count). The van der Waals surface area contributed by atoms with Crippen molar-refractivity contribution in [3.8, 4) is 0 Å². The van der Waals surface area contributed by atoms with Crippen LogP contribution in [-0.2, 0) is 13.5 Å². The molecule has 1 aromatic carbocycles. The van der Waals surface area contributed by atoms with Crippen molar-refractivity contribution in [2.24, 2.45) is 12.0 Å². The average molecular weight is 380 g/mol. The molecule has 0 saturated carbocycles. The first-order valence-corrected chi connectivity index (χ1v) is 9.97. The van der Waals surface area contributed by atoms with Crippen molar-refractivity contribution < 1.29 is 0 Å². The van der Waals surface area contributed by atoms with Crippen molar-refractivity contribution in [3.63, 3.8) is 0 Å². The summed E-state index contributed by atoms with van der Waals surface area (Å²) in [7, 11) is 3.60. The van der Waals surface area contributed by atoms with E-state index in [0.29, 0.717) is 11.7 Å². The Morgan fingerprint density at radius 3 is 2.82 bits per heavy atom. The van der Waals surface area contributed by atoms with Crippen LogP contribution in [0.25, 0.3) is 0 Å². The Hall–Kier alpha value is -2.83. The minimum absolute atomic E-state index is 0.0432. The summed E-state index contributed by atoms with van der Waals surface area (Å²) >= 11 is 0. The monoisotopic (exact) mass is 380 g/mol. The average Bonchev–Trinajstić information content (AvgIpc) is 3.14. The predicted octanol–water partition coefficient (Wildman–Crippen LogP) is 1.21. The third kappa shape index (κ3) is 3.61. The topological polar surface area (TPSA) is 65.8 Å². The number of guanidine groups is 1. The van der Waals surface area contributed by atoms with E-state index < -0.39 is 0 Å². The van der Waals surface area contributed by atoms with Gasteiger partial charge >= 0.3 is 0 Å². The molecule has 1 N–H and O–H groups in total. The molecule has 2 aromatic rings. The van der Waals surface area contributed by atoms with E-state index in [1.54, 1.807) is 24.0 Å². The van der Waals surface area contributed by atoms with Crippen LogP contribution >= 0.6 is 0 Å². The summed E-state index contributed by atoms with van der Waals surface area (Å²) in [6.07, 6.45) is 5.73. The fourth-order valence-electron chi connectivity index (χ4n) is 4.24. The summed E-state index contributed by atoms with van der Waals surface area (Å²) in [4.78, 5) is 25.4. The van der Waals surface area contributed by atoms with Crippen molar-refractivity contribution in [2.75, 3.05) is 44.7 Å². The van der Waals surface area contributed by atoms with Gasteiger partial charge in [-0.15, -0.1) is 0 Å². The van der Waals surface area contributed by atoms with Gasteiger partial charge in [0.2, 0.25) is 0 Å². The molecular weight excluding hydrogens is 352 g/mol. The number of nitrogens with one attached hydrogen (secondary N) is 1. The molecule has 1 saturated heterocycles. The molecule has 7 nitrogen and oxygen atoms in total. The summed E-state index contributed by atoms with van der Waals surface area (Å²) in [6.45, 7) is 4.07. The third-order valence-electron chi connectivity index (χ3n) is 5.85. The van der Waals surface area contributed by atoms with Gasteiger partial charge in [0.25, 0.3) is 5.56 Å². The number of fused-ring (bicyclic) bond motifs is 1. The number of piperazine rings is 1. The van der Waals surface area contributed by atoms with Crippen LogP contribution < -0.4 is 15.8 Å². The number of rotatable bonds is 3. The number of aliphatic imine (C=N–C) groups is 1. The zero-order chi connectivity index (χ0) is 19.5. The minimum Gasteiger partial charge on any atom is -0.356 e. The highest BCUT2D eigenvalue weighted by atomic mass is 16.1. The SMILES string of the molecule is CN=C(NCC1CCc2ccccc21)N1CCN(c2nccn(C)c2=O)CC1. The van der Waals surface area contributed by atoms with Gasteiger partial charge in [0, 0.05) is 65.1 Å². The summed E-state index contributed by atoms with van der Waals surface area (Å²) in [6, 6.07) is 8.75. The van der Waals surface area contributed by atoms with E-state index in [0.717, 1.165) is 38.7 Å². The summed E-state index contributed by atoms with van der Waals surface area (Å²) in [5.41, 5.74) is 2.91. The maximum absolute atomic E-state index is 12.3. The zero-order valence-electron chi connectivity index (χ0n) is 16.6. The van der Waals surface area contributed by atoms with E-state index in [4.69, 9.17) is 0 Å². The molecule has 148 valence electrons. The predicted molar refractivity (Wildman–Crippen MR) is 112 cm³/mol. The van der Waals surface area contributed by atoms with E-state index in [9.17, 15) is 4.79 Å². The Labute approximate surface area is 165 Å².